The van der Waals surface area contributed by atoms with Gasteiger partial charge in [-0.15, -0.1) is 0 Å². The highest BCUT2D eigenvalue weighted by Crippen LogP contribution is 2.36. The fourth-order valence-electron chi connectivity index (χ4n) is 4.73. The number of halogens is 3. The van der Waals surface area contributed by atoms with E-state index in [9.17, 15) is 14.0 Å². The van der Waals surface area contributed by atoms with Gasteiger partial charge in [0.05, 0.1) is 41.5 Å². The van der Waals surface area contributed by atoms with Gasteiger partial charge < -0.3 is 18.9 Å². The normalized spacial score (nSPS) is 14.4. The number of esters is 1. The summed E-state index contributed by atoms with van der Waals surface area (Å²) in [4.78, 5) is 31.7. The lowest BCUT2D eigenvalue weighted by atomic mass is 9.97. The van der Waals surface area contributed by atoms with Crippen molar-refractivity contribution in [1.82, 2.24) is 4.57 Å². The number of ether oxygens (including phenoxy) is 4. The van der Waals surface area contributed by atoms with Crippen LogP contribution in [0.4, 0.5) is 4.39 Å². The Labute approximate surface area is 266 Å². The van der Waals surface area contributed by atoms with Crippen LogP contribution in [0.3, 0.4) is 0 Å². The molecule has 0 saturated carbocycles. The van der Waals surface area contributed by atoms with Gasteiger partial charge in [-0.2, -0.15) is 0 Å². The SMILES string of the molecule is CCOc1ccc([C@@H]2C(C(=O)OC)=CN=c3s/c(=C/c4cc(Cl)cc(Cl)c4OCc4ccccc4F)c(=O)n32)cc1OCC. The van der Waals surface area contributed by atoms with Crippen molar-refractivity contribution in [2.45, 2.75) is 26.5 Å². The highest BCUT2D eigenvalue weighted by Gasteiger charge is 2.31. The summed E-state index contributed by atoms with van der Waals surface area (Å²) in [6.45, 7) is 4.43. The molecule has 0 amide bonds. The summed E-state index contributed by atoms with van der Waals surface area (Å²) in [6, 6.07) is 13.7. The van der Waals surface area contributed by atoms with E-state index in [1.165, 1.54) is 30.0 Å². The second kappa shape index (κ2) is 13.7. The summed E-state index contributed by atoms with van der Waals surface area (Å²) in [5.74, 6) is 0.182. The maximum atomic E-state index is 14.3. The first-order valence-electron chi connectivity index (χ1n) is 13.6. The van der Waals surface area contributed by atoms with E-state index >= 15 is 0 Å². The number of hydrogen-bond acceptors (Lipinski definition) is 8. The molecule has 4 aromatic rings. The molecule has 0 saturated heterocycles. The Morgan fingerprint density at radius 2 is 1.80 bits per heavy atom. The molecule has 0 aliphatic carbocycles. The molecule has 2 heterocycles. The van der Waals surface area contributed by atoms with E-state index in [-0.39, 0.29) is 27.5 Å². The fourth-order valence-corrected chi connectivity index (χ4v) is 6.26. The Hall–Kier alpha value is -4.12. The number of hydrogen-bond donors (Lipinski definition) is 0. The molecule has 5 rings (SSSR count). The predicted molar refractivity (Wildman–Crippen MR) is 167 cm³/mol. The van der Waals surface area contributed by atoms with Crippen LogP contribution in [0.15, 0.2) is 76.2 Å². The smallest absolute Gasteiger partial charge is 0.337 e. The third kappa shape index (κ3) is 6.38. The van der Waals surface area contributed by atoms with Crippen LogP contribution in [0.1, 0.15) is 36.6 Å². The quantitative estimate of drug-likeness (QED) is 0.199. The summed E-state index contributed by atoms with van der Waals surface area (Å²) in [7, 11) is 1.26. The molecular weight excluding hydrogens is 630 g/mol. The third-order valence-corrected chi connectivity index (χ3v) is 8.16. The molecule has 3 aromatic carbocycles. The number of rotatable bonds is 10. The molecule has 0 unspecified atom stereocenters. The van der Waals surface area contributed by atoms with Gasteiger partial charge in [-0.25, -0.2) is 14.2 Å². The summed E-state index contributed by atoms with van der Waals surface area (Å²) in [5, 5.41) is 0.507. The van der Waals surface area contributed by atoms with Crippen molar-refractivity contribution < 1.29 is 28.1 Å². The van der Waals surface area contributed by atoms with Crippen molar-refractivity contribution in [3.05, 3.63) is 119 Å². The van der Waals surface area contributed by atoms with Gasteiger partial charge in [-0.05, 0) is 55.8 Å². The minimum Gasteiger partial charge on any atom is -0.490 e. The Morgan fingerprint density at radius 3 is 2.52 bits per heavy atom. The predicted octanol–water partition coefficient (Wildman–Crippen LogP) is 5.84. The van der Waals surface area contributed by atoms with Gasteiger partial charge in [0.2, 0.25) is 0 Å². The van der Waals surface area contributed by atoms with Crippen molar-refractivity contribution >= 4 is 46.6 Å². The van der Waals surface area contributed by atoms with E-state index in [1.54, 1.807) is 48.5 Å². The number of fused-ring (bicyclic) bond motifs is 1. The van der Waals surface area contributed by atoms with Gasteiger partial charge >= 0.3 is 5.97 Å². The molecule has 0 fully saturated rings. The lowest BCUT2D eigenvalue weighted by molar-refractivity contribution is -0.136. The van der Waals surface area contributed by atoms with Crippen molar-refractivity contribution in [1.29, 1.82) is 0 Å². The van der Waals surface area contributed by atoms with Gasteiger partial charge in [-0.3, -0.25) is 9.36 Å². The van der Waals surface area contributed by atoms with E-state index in [1.807, 2.05) is 13.8 Å². The van der Waals surface area contributed by atoms with Crippen molar-refractivity contribution in [2.75, 3.05) is 20.3 Å². The molecule has 1 aliphatic heterocycles. The minimum absolute atomic E-state index is 0.0987. The van der Waals surface area contributed by atoms with Gasteiger partial charge in [0.25, 0.3) is 5.56 Å². The maximum absolute atomic E-state index is 14.3. The molecule has 1 atom stereocenters. The number of aromatic nitrogens is 1. The highest BCUT2D eigenvalue weighted by molar-refractivity contribution is 7.07. The van der Waals surface area contributed by atoms with E-state index in [0.717, 1.165) is 11.3 Å². The molecule has 0 spiro atoms. The van der Waals surface area contributed by atoms with Gasteiger partial charge in [-0.1, -0.05) is 58.8 Å². The average molecular weight is 658 g/mol. The van der Waals surface area contributed by atoms with Crippen LogP contribution in [-0.2, 0) is 16.1 Å². The number of nitrogens with zero attached hydrogens (tertiary/aromatic N) is 2. The first kappa shape index (κ1) is 31.3. The van der Waals surface area contributed by atoms with E-state index in [2.05, 4.69) is 4.99 Å². The summed E-state index contributed by atoms with van der Waals surface area (Å²) in [6.07, 6.45) is 2.99. The number of carbonyl (C=O) groups excluding carboxylic acids is 1. The Bertz CT molecular complexity index is 1940. The van der Waals surface area contributed by atoms with Crippen molar-refractivity contribution in [2.24, 2.45) is 4.99 Å². The zero-order valence-electron chi connectivity index (χ0n) is 23.9. The summed E-state index contributed by atoms with van der Waals surface area (Å²) >= 11 is 13.9. The van der Waals surface area contributed by atoms with Crippen molar-refractivity contribution in [3.63, 3.8) is 0 Å². The molecule has 1 aromatic heterocycles. The Morgan fingerprint density at radius 1 is 1.05 bits per heavy atom. The molecule has 228 valence electrons. The zero-order valence-corrected chi connectivity index (χ0v) is 26.3. The maximum Gasteiger partial charge on any atom is 0.337 e. The van der Waals surface area contributed by atoms with Crippen LogP contribution >= 0.6 is 34.5 Å². The number of thiazole rings is 1. The standard InChI is InChI=1S/C32H27Cl2FN2O6S/c1-4-41-25-11-10-18(13-26(25)42-5-2)28-22(31(39)40-3)16-36-32-37(28)30(38)27(44-32)14-20-12-21(33)15-23(34)29(20)43-17-19-8-6-7-9-24(19)35/h6-16,28H,4-5,17H2,1-3H3/b27-14+/t28-/m1/s1. The molecule has 8 nitrogen and oxygen atoms in total. The molecule has 1 aliphatic rings. The molecule has 12 heteroatoms. The zero-order chi connectivity index (χ0) is 31.4. The van der Waals surface area contributed by atoms with E-state index in [4.69, 9.17) is 42.1 Å². The molecular formula is C32H27Cl2FN2O6S. The monoisotopic (exact) mass is 656 g/mol. The average Bonchev–Trinajstić information content (AvgIpc) is 3.32. The molecule has 0 N–H and O–H groups in total. The van der Waals surface area contributed by atoms with E-state index < -0.39 is 23.4 Å². The van der Waals surface area contributed by atoms with Gasteiger partial charge in [0, 0.05) is 22.3 Å². The van der Waals surface area contributed by atoms with Crippen LogP contribution in [0.2, 0.25) is 10.0 Å². The second-order valence-electron chi connectivity index (χ2n) is 9.43. The van der Waals surface area contributed by atoms with Crippen LogP contribution in [-0.4, -0.2) is 30.9 Å². The topological polar surface area (TPSA) is 88.4 Å². The lowest BCUT2D eigenvalue weighted by Crippen LogP contribution is -2.39. The Kier molecular flexibility index (Phi) is 9.73. The van der Waals surface area contributed by atoms with Crippen LogP contribution in [0, 0.1) is 5.82 Å². The summed E-state index contributed by atoms with van der Waals surface area (Å²) in [5.41, 5.74) is 1.08. The first-order chi connectivity index (χ1) is 21.2. The summed E-state index contributed by atoms with van der Waals surface area (Å²) < 4.78 is 38.4. The van der Waals surface area contributed by atoms with Crippen LogP contribution in [0.5, 0.6) is 17.2 Å². The third-order valence-electron chi connectivity index (χ3n) is 6.66. The van der Waals surface area contributed by atoms with Crippen molar-refractivity contribution in [3.8, 4) is 17.2 Å². The minimum atomic E-state index is -0.865. The molecule has 0 bridgehead atoms. The van der Waals surface area contributed by atoms with E-state index in [0.29, 0.717) is 51.2 Å². The van der Waals surface area contributed by atoms with Gasteiger partial charge in [0.1, 0.15) is 18.2 Å². The number of benzene rings is 3. The van der Waals surface area contributed by atoms with Crippen LogP contribution in [0.25, 0.3) is 6.08 Å². The fraction of sp³-hybridized carbons (Fsp3) is 0.219. The Balaban J connectivity index is 1.63. The number of methoxy groups -OCH3 is 1. The lowest BCUT2D eigenvalue weighted by Gasteiger charge is -2.23. The molecule has 0 radical (unpaired) electrons. The van der Waals surface area contributed by atoms with Gasteiger partial charge in [0.15, 0.2) is 16.3 Å². The molecule has 44 heavy (non-hydrogen) atoms. The largest absolute Gasteiger partial charge is 0.490 e. The van der Waals surface area contributed by atoms with Crippen LogP contribution < -0.4 is 29.1 Å². The first-order valence-corrected chi connectivity index (χ1v) is 15.2. The highest BCUT2D eigenvalue weighted by atomic mass is 35.5. The second-order valence-corrected chi connectivity index (χ2v) is 11.3. The number of carbonyl (C=O) groups is 1.